The lowest BCUT2D eigenvalue weighted by atomic mass is 10.3. The minimum atomic E-state index is -3.42. The van der Waals surface area contributed by atoms with Crippen molar-refractivity contribution >= 4 is 21.6 Å². The minimum absolute atomic E-state index is 0.0367. The Kier molecular flexibility index (Phi) is 5.50. The zero-order chi connectivity index (χ0) is 15.3. The van der Waals surface area contributed by atoms with Crippen molar-refractivity contribution in [2.45, 2.75) is 31.7 Å². The second kappa shape index (κ2) is 6.69. The average molecular weight is 300 g/mol. The van der Waals surface area contributed by atoms with Crippen LogP contribution in [0.1, 0.15) is 20.8 Å². The standard InChI is InChI=1S/C13H20N2O4S/c1-5-19-12(16)9-15(10(2)3)13-11(20(4,17)18)7-6-8-14-13/h6-8,10H,5,9H2,1-4H3. The summed E-state index contributed by atoms with van der Waals surface area (Å²) < 4.78 is 28.5. The summed E-state index contributed by atoms with van der Waals surface area (Å²) in [4.78, 5) is 17.5. The predicted octanol–water partition coefficient (Wildman–Crippen LogP) is 1.26. The molecule has 0 aliphatic rings. The van der Waals surface area contributed by atoms with Gasteiger partial charge in [0.2, 0.25) is 0 Å². The van der Waals surface area contributed by atoms with E-state index in [0.29, 0.717) is 0 Å². The Morgan fingerprint density at radius 2 is 2.10 bits per heavy atom. The lowest BCUT2D eigenvalue weighted by Crippen LogP contribution is -2.38. The summed E-state index contributed by atoms with van der Waals surface area (Å²) >= 11 is 0. The monoisotopic (exact) mass is 300 g/mol. The third-order valence-electron chi connectivity index (χ3n) is 2.65. The van der Waals surface area contributed by atoms with Gasteiger partial charge in [-0.1, -0.05) is 0 Å². The van der Waals surface area contributed by atoms with Gasteiger partial charge in [0.1, 0.15) is 17.3 Å². The Labute approximate surface area is 119 Å². The van der Waals surface area contributed by atoms with Gasteiger partial charge in [-0.2, -0.15) is 0 Å². The second-order valence-corrected chi connectivity index (χ2v) is 6.61. The van der Waals surface area contributed by atoms with Crippen LogP contribution in [0.15, 0.2) is 23.2 Å². The van der Waals surface area contributed by atoms with Gasteiger partial charge in [0.25, 0.3) is 0 Å². The maximum Gasteiger partial charge on any atom is 0.325 e. The third-order valence-corrected chi connectivity index (χ3v) is 3.77. The molecule has 0 N–H and O–H groups in total. The van der Waals surface area contributed by atoms with Gasteiger partial charge in [-0.15, -0.1) is 0 Å². The fourth-order valence-corrected chi connectivity index (χ4v) is 2.56. The van der Waals surface area contributed by atoms with Crippen LogP contribution in [0, 0.1) is 0 Å². The molecule has 1 rings (SSSR count). The van der Waals surface area contributed by atoms with Gasteiger partial charge in [0.05, 0.1) is 6.61 Å². The zero-order valence-electron chi connectivity index (χ0n) is 12.2. The maximum absolute atomic E-state index is 11.8. The first kappa shape index (κ1) is 16.4. The molecule has 7 heteroatoms. The van der Waals surface area contributed by atoms with Crippen molar-refractivity contribution in [1.29, 1.82) is 0 Å². The highest BCUT2D eigenvalue weighted by molar-refractivity contribution is 7.90. The number of ether oxygens (including phenoxy) is 1. The van der Waals surface area contributed by atoms with Crippen LogP contribution in [0.3, 0.4) is 0 Å². The average Bonchev–Trinajstić information content (AvgIpc) is 2.35. The van der Waals surface area contributed by atoms with Crippen molar-refractivity contribution in [3.63, 3.8) is 0 Å². The van der Waals surface area contributed by atoms with Gasteiger partial charge >= 0.3 is 5.97 Å². The molecular weight excluding hydrogens is 280 g/mol. The normalized spacial score (nSPS) is 11.4. The lowest BCUT2D eigenvalue weighted by Gasteiger charge is -2.28. The SMILES string of the molecule is CCOC(=O)CN(c1ncccc1S(C)(=O)=O)C(C)C. The number of esters is 1. The van der Waals surface area contributed by atoms with Crippen molar-refractivity contribution < 1.29 is 17.9 Å². The summed E-state index contributed by atoms with van der Waals surface area (Å²) in [5, 5.41) is 0. The van der Waals surface area contributed by atoms with Gasteiger partial charge in [-0.05, 0) is 32.9 Å². The molecule has 0 aliphatic carbocycles. The summed E-state index contributed by atoms with van der Waals surface area (Å²) in [6.07, 6.45) is 2.63. The first-order chi connectivity index (χ1) is 9.27. The molecule has 1 aromatic rings. The number of rotatable bonds is 6. The number of carbonyl (C=O) groups is 1. The maximum atomic E-state index is 11.8. The minimum Gasteiger partial charge on any atom is -0.465 e. The fourth-order valence-electron chi connectivity index (χ4n) is 1.74. The fraction of sp³-hybridized carbons (Fsp3) is 0.538. The number of nitrogens with zero attached hydrogens (tertiary/aromatic N) is 2. The first-order valence-corrected chi connectivity index (χ1v) is 8.23. The van der Waals surface area contributed by atoms with Gasteiger partial charge in [-0.25, -0.2) is 13.4 Å². The molecule has 0 fully saturated rings. The van der Waals surface area contributed by atoms with E-state index in [-0.39, 0.29) is 29.9 Å². The van der Waals surface area contributed by atoms with E-state index in [4.69, 9.17) is 4.74 Å². The number of hydrogen-bond donors (Lipinski definition) is 0. The molecule has 1 aromatic heterocycles. The number of carbonyl (C=O) groups excluding carboxylic acids is 1. The highest BCUT2D eigenvalue weighted by Crippen LogP contribution is 2.23. The molecule has 0 saturated heterocycles. The molecular formula is C13H20N2O4S. The molecule has 112 valence electrons. The molecule has 0 aromatic carbocycles. The van der Waals surface area contributed by atoms with Crippen molar-refractivity contribution in [3.8, 4) is 0 Å². The van der Waals surface area contributed by atoms with Crippen LogP contribution < -0.4 is 4.90 Å². The molecule has 0 unspecified atom stereocenters. The number of hydrogen-bond acceptors (Lipinski definition) is 6. The van der Waals surface area contributed by atoms with E-state index in [9.17, 15) is 13.2 Å². The van der Waals surface area contributed by atoms with Gasteiger partial charge in [0.15, 0.2) is 9.84 Å². The molecule has 0 spiro atoms. The molecule has 6 nitrogen and oxygen atoms in total. The molecule has 1 heterocycles. The van der Waals surface area contributed by atoms with Crippen molar-refractivity contribution in [3.05, 3.63) is 18.3 Å². The Hall–Kier alpha value is -1.63. The molecule has 0 saturated carbocycles. The van der Waals surface area contributed by atoms with Crippen LogP contribution in [0.4, 0.5) is 5.82 Å². The smallest absolute Gasteiger partial charge is 0.325 e. The Morgan fingerprint density at radius 1 is 1.45 bits per heavy atom. The lowest BCUT2D eigenvalue weighted by molar-refractivity contribution is -0.141. The summed E-state index contributed by atoms with van der Waals surface area (Å²) in [6, 6.07) is 2.95. The molecule has 0 amide bonds. The summed E-state index contributed by atoms with van der Waals surface area (Å²) in [5.41, 5.74) is 0. The summed E-state index contributed by atoms with van der Waals surface area (Å²) in [5.74, 6) is -0.135. The molecule has 20 heavy (non-hydrogen) atoms. The van der Waals surface area contributed by atoms with Gasteiger partial charge in [0, 0.05) is 18.5 Å². The number of sulfone groups is 1. The van der Waals surface area contributed by atoms with E-state index in [0.717, 1.165) is 6.26 Å². The van der Waals surface area contributed by atoms with Crippen molar-refractivity contribution in [2.24, 2.45) is 0 Å². The van der Waals surface area contributed by atoms with E-state index < -0.39 is 15.8 Å². The van der Waals surface area contributed by atoms with Crippen LogP contribution in [0.25, 0.3) is 0 Å². The largest absolute Gasteiger partial charge is 0.465 e. The van der Waals surface area contributed by atoms with Gasteiger partial charge < -0.3 is 9.64 Å². The van der Waals surface area contributed by atoms with Crippen LogP contribution in [0.2, 0.25) is 0 Å². The van der Waals surface area contributed by atoms with Crippen LogP contribution in [-0.2, 0) is 19.4 Å². The van der Waals surface area contributed by atoms with Gasteiger partial charge in [-0.3, -0.25) is 4.79 Å². The van der Waals surface area contributed by atoms with Crippen LogP contribution in [-0.4, -0.2) is 44.8 Å². The molecule has 0 radical (unpaired) electrons. The second-order valence-electron chi connectivity index (χ2n) is 4.62. The highest BCUT2D eigenvalue weighted by atomic mass is 32.2. The Morgan fingerprint density at radius 3 is 2.60 bits per heavy atom. The van der Waals surface area contributed by atoms with Crippen LogP contribution in [0.5, 0.6) is 0 Å². The molecule has 0 atom stereocenters. The molecule has 0 aliphatic heterocycles. The van der Waals surface area contributed by atoms with E-state index in [2.05, 4.69) is 4.98 Å². The van der Waals surface area contributed by atoms with Crippen molar-refractivity contribution in [1.82, 2.24) is 4.98 Å². The van der Waals surface area contributed by atoms with E-state index in [1.165, 1.54) is 12.3 Å². The molecule has 0 bridgehead atoms. The number of anilines is 1. The summed E-state index contributed by atoms with van der Waals surface area (Å²) in [7, 11) is -3.42. The Balaban J connectivity index is 3.20. The highest BCUT2D eigenvalue weighted by Gasteiger charge is 2.23. The van der Waals surface area contributed by atoms with E-state index in [1.54, 1.807) is 17.9 Å². The quantitative estimate of drug-likeness (QED) is 0.736. The third kappa shape index (κ3) is 4.19. The Bertz CT molecular complexity index is 569. The number of aromatic nitrogens is 1. The topological polar surface area (TPSA) is 76.6 Å². The van der Waals surface area contributed by atoms with Crippen molar-refractivity contribution in [2.75, 3.05) is 24.3 Å². The first-order valence-electron chi connectivity index (χ1n) is 6.34. The zero-order valence-corrected chi connectivity index (χ0v) is 13.0. The van der Waals surface area contributed by atoms with Crippen LogP contribution >= 0.6 is 0 Å². The summed E-state index contributed by atoms with van der Waals surface area (Å²) in [6.45, 7) is 5.69. The van der Waals surface area contributed by atoms with E-state index in [1.807, 2.05) is 13.8 Å². The predicted molar refractivity (Wildman–Crippen MR) is 76.5 cm³/mol. The number of pyridine rings is 1. The van der Waals surface area contributed by atoms with E-state index >= 15 is 0 Å².